The summed E-state index contributed by atoms with van der Waals surface area (Å²) in [4.78, 5) is 14.6. The number of carbonyl (C=O) groups excluding carboxylic acids is 1. The smallest absolute Gasteiger partial charge is 0.250 e. The van der Waals surface area contributed by atoms with Crippen LogP contribution >= 0.6 is 22.9 Å². The summed E-state index contributed by atoms with van der Waals surface area (Å²) in [6, 6.07) is 12.1. The first-order chi connectivity index (χ1) is 15.3. The van der Waals surface area contributed by atoms with E-state index in [1.807, 2.05) is 30.5 Å². The summed E-state index contributed by atoms with van der Waals surface area (Å²) >= 11 is 7.15. The average Bonchev–Trinajstić information content (AvgIpc) is 3.32. The second-order valence-electron chi connectivity index (χ2n) is 7.99. The summed E-state index contributed by atoms with van der Waals surface area (Å²) in [5.41, 5.74) is 3.20. The van der Waals surface area contributed by atoms with Crippen LogP contribution in [0.25, 0.3) is 16.2 Å². The maximum Gasteiger partial charge on any atom is 0.250 e. The fourth-order valence-corrected chi connectivity index (χ4v) is 6.98. The number of sulfonamides is 1. The molecule has 0 bridgehead atoms. The Labute approximate surface area is 195 Å². The number of nitrogens with zero attached hydrogens (tertiary/aromatic N) is 2. The number of thiophene rings is 1. The second-order valence-corrected chi connectivity index (χ2v) is 11.5. The van der Waals surface area contributed by atoms with Crippen LogP contribution in [0.2, 0.25) is 5.02 Å². The van der Waals surface area contributed by atoms with E-state index in [-0.39, 0.29) is 10.1 Å². The largest absolute Gasteiger partial charge is 0.337 e. The van der Waals surface area contributed by atoms with Gasteiger partial charge in [-0.1, -0.05) is 35.9 Å². The first kappa shape index (κ1) is 21.4. The number of benzene rings is 2. The molecule has 1 fully saturated rings. The number of hydrogen-bond acceptors (Lipinski definition) is 6. The summed E-state index contributed by atoms with van der Waals surface area (Å²) < 4.78 is 29.4. The fourth-order valence-electron chi connectivity index (χ4n) is 4.07. The Bertz CT molecular complexity index is 1350. The number of amides is 1. The monoisotopic (exact) mass is 488 g/mol. The highest BCUT2D eigenvalue weighted by Gasteiger charge is 2.35. The first-order valence-electron chi connectivity index (χ1n) is 10.1. The zero-order valence-corrected chi connectivity index (χ0v) is 19.4. The van der Waals surface area contributed by atoms with E-state index in [4.69, 9.17) is 17.4 Å². The van der Waals surface area contributed by atoms with Crippen LogP contribution in [0.1, 0.15) is 23.1 Å². The van der Waals surface area contributed by atoms with E-state index < -0.39 is 16.1 Å². The zero-order chi connectivity index (χ0) is 22.5. The number of carbonyl (C=O) groups is 1. The minimum absolute atomic E-state index is 0.176. The molecule has 0 radical (unpaired) electrons. The van der Waals surface area contributed by atoms with Crippen LogP contribution < -0.4 is 10.6 Å². The topological polar surface area (TPSA) is 95.7 Å². The van der Waals surface area contributed by atoms with Gasteiger partial charge in [-0.25, -0.2) is 14.3 Å². The van der Waals surface area contributed by atoms with E-state index in [1.54, 1.807) is 34.2 Å². The third-order valence-electron chi connectivity index (χ3n) is 5.70. The lowest BCUT2D eigenvalue weighted by atomic mass is 10.0. The summed E-state index contributed by atoms with van der Waals surface area (Å²) in [6.45, 7) is 1.53. The average molecular weight is 489 g/mol. The minimum atomic E-state index is -3.81. The molecule has 2 aliphatic rings. The molecule has 3 N–H and O–H groups in total. The Hall–Kier alpha value is -2.43. The third kappa shape index (κ3) is 4.14. The number of likely N-dealkylation sites (tertiary alicyclic amines) is 1. The molecule has 0 saturated carbocycles. The van der Waals surface area contributed by atoms with E-state index in [1.165, 1.54) is 0 Å². The molecule has 1 amide bonds. The molecule has 3 heterocycles. The summed E-state index contributed by atoms with van der Waals surface area (Å²) in [5.74, 6) is 5.64. The molecule has 3 aromatic rings. The molecular formula is C22H21ClN4O3S2. The van der Waals surface area contributed by atoms with Crippen LogP contribution in [0.15, 0.2) is 52.9 Å². The normalized spacial score (nSPS) is 18.6. The van der Waals surface area contributed by atoms with Crippen LogP contribution in [-0.4, -0.2) is 36.8 Å². The molecule has 7 nitrogen and oxygen atoms in total. The molecule has 0 spiro atoms. The minimum Gasteiger partial charge on any atom is -0.337 e. The molecule has 5 rings (SSSR count). The van der Waals surface area contributed by atoms with Crippen LogP contribution in [0, 0.1) is 0 Å². The van der Waals surface area contributed by atoms with Crippen molar-refractivity contribution in [2.45, 2.75) is 29.8 Å². The molecule has 0 unspecified atom stereocenters. The van der Waals surface area contributed by atoms with Crippen molar-refractivity contribution in [1.82, 2.24) is 14.6 Å². The number of rotatable bonds is 5. The van der Waals surface area contributed by atoms with Crippen LogP contribution in [0.5, 0.6) is 0 Å². The van der Waals surface area contributed by atoms with Crippen molar-refractivity contribution in [2.24, 2.45) is 5.84 Å². The van der Waals surface area contributed by atoms with Crippen molar-refractivity contribution in [1.29, 1.82) is 0 Å². The van der Waals surface area contributed by atoms with Crippen LogP contribution in [-0.2, 0) is 27.9 Å². The fraction of sp³-hybridized carbons (Fsp3) is 0.227. The van der Waals surface area contributed by atoms with Gasteiger partial charge in [0.25, 0.3) is 10.0 Å². The highest BCUT2D eigenvalue weighted by atomic mass is 35.5. The third-order valence-corrected chi connectivity index (χ3v) is 8.98. The number of nitrogens with two attached hydrogens (primary N) is 1. The quantitative estimate of drug-likeness (QED) is 0.537. The highest BCUT2D eigenvalue weighted by Crippen LogP contribution is 2.31. The summed E-state index contributed by atoms with van der Waals surface area (Å²) in [6.07, 6.45) is 4.21. The lowest BCUT2D eigenvalue weighted by molar-refractivity contribution is -0.129. The molecule has 10 heteroatoms. The van der Waals surface area contributed by atoms with E-state index in [0.717, 1.165) is 38.1 Å². The predicted molar refractivity (Wildman–Crippen MR) is 126 cm³/mol. The standard InChI is InChI=1S/C22H21ClN4O3S2/c23-18-4-3-16-10-21(31-20(16)11-18)32(29,30)25-19-6-7-26(22(19)28)12-14-1-2-15-5-8-27(24)13-17(15)9-14/h1-5,8-11,19,25H,6-7,12-13,24H2/t19-/m0/s1. The van der Waals surface area contributed by atoms with Crippen LogP contribution in [0.3, 0.4) is 0 Å². The first-order valence-corrected chi connectivity index (χ1v) is 12.8. The van der Waals surface area contributed by atoms with Gasteiger partial charge in [0.15, 0.2) is 0 Å². The SMILES string of the molecule is NN1C=Cc2ccc(CN3CC[C@H](NS(=O)(=O)c4cc5ccc(Cl)cc5s4)C3=O)cc2C1. The van der Waals surface area contributed by atoms with Gasteiger partial charge in [-0.3, -0.25) is 4.79 Å². The summed E-state index contributed by atoms with van der Waals surface area (Å²) in [7, 11) is -3.81. The molecule has 32 heavy (non-hydrogen) atoms. The second kappa shape index (κ2) is 8.17. The van der Waals surface area contributed by atoms with Gasteiger partial charge < -0.3 is 9.91 Å². The Morgan fingerprint density at radius 3 is 2.88 bits per heavy atom. The molecule has 1 saturated heterocycles. The van der Waals surface area contributed by atoms with Crippen molar-refractivity contribution >= 4 is 55.0 Å². The highest BCUT2D eigenvalue weighted by molar-refractivity contribution is 7.91. The summed E-state index contributed by atoms with van der Waals surface area (Å²) in [5, 5.41) is 2.97. The van der Waals surface area contributed by atoms with Gasteiger partial charge in [-0.05, 0) is 52.8 Å². The van der Waals surface area contributed by atoms with Gasteiger partial charge in [0.05, 0.1) is 6.54 Å². The van der Waals surface area contributed by atoms with Crippen molar-refractivity contribution in [3.05, 3.63) is 70.4 Å². The maximum atomic E-state index is 12.9. The van der Waals surface area contributed by atoms with E-state index in [0.29, 0.717) is 31.1 Å². The molecule has 1 aromatic heterocycles. The number of hydrogen-bond donors (Lipinski definition) is 2. The van der Waals surface area contributed by atoms with Gasteiger partial charge in [0, 0.05) is 29.0 Å². The van der Waals surface area contributed by atoms with E-state index >= 15 is 0 Å². The molecule has 1 atom stereocenters. The van der Waals surface area contributed by atoms with Gasteiger partial charge in [-0.15, -0.1) is 11.3 Å². The number of hydrazine groups is 1. The Morgan fingerprint density at radius 1 is 1.19 bits per heavy atom. The number of halogens is 1. The van der Waals surface area contributed by atoms with Crippen molar-refractivity contribution in [3.8, 4) is 0 Å². The molecule has 166 valence electrons. The van der Waals surface area contributed by atoms with Gasteiger partial charge in [-0.2, -0.15) is 4.72 Å². The Kier molecular flexibility index (Phi) is 5.47. The predicted octanol–water partition coefficient (Wildman–Crippen LogP) is 3.29. The van der Waals surface area contributed by atoms with E-state index in [2.05, 4.69) is 4.72 Å². The van der Waals surface area contributed by atoms with Crippen LogP contribution in [0.4, 0.5) is 0 Å². The Morgan fingerprint density at radius 2 is 2.03 bits per heavy atom. The van der Waals surface area contributed by atoms with Gasteiger partial charge in [0.2, 0.25) is 5.91 Å². The lowest BCUT2D eigenvalue weighted by Crippen LogP contribution is -2.41. The number of fused-ring (bicyclic) bond motifs is 2. The zero-order valence-electron chi connectivity index (χ0n) is 17.0. The van der Waals surface area contributed by atoms with Crippen molar-refractivity contribution in [3.63, 3.8) is 0 Å². The molecular weight excluding hydrogens is 468 g/mol. The molecule has 2 aromatic carbocycles. The van der Waals surface area contributed by atoms with E-state index in [9.17, 15) is 13.2 Å². The van der Waals surface area contributed by atoms with Crippen molar-refractivity contribution < 1.29 is 13.2 Å². The lowest BCUT2D eigenvalue weighted by Gasteiger charge is -2.22. The number of nitrogens with one attached hydrogen (secondary N) is 1. The Balaban J connectivity index is 1.29. The molecule has 2 aliphatic heterocycles. The van der Waals surface area contributed by atoms with Gasteiger partial charge >= 0.3 is 0 Å². The maximum absolute atomic E-state index is 12.9. The molecule has 0 aliphatic carbocycles. The van der Waals surface area contributed by atoms with Crippen molar-refractivity contribution in [2.75, 3.05) is 6.54 Å². The van der Waals surface area contributed by atoms with Gasteiger partial charge in [0.1, 0.15) is 10.3 Å².